The molecule has 3 rings (SSSR count). The minimum absolute atomic E-state index is 0.0906. The summed E-state index contributed by atoms with van der Waals surface area (Å²) in [7, 11) is 0. The van der Waals surface area contributed by atoms with Gasteiger partial charge in [0.2, 0.25) is 5.95 Å². The fourth-order valence-electron chi connectivity index (χ4n) is 2.53. The van der Waals surface area contributed by atoms with E-state index in [2.05, 4.69) is 20.6 Å². The Balaban J connectivity index is 1.71. The topological polar surface area (TPSA) is 110 Å². The van der Waals surface area contributed by atoms with Crippen LogP contribution >= 0.6 is 11.6 Å². The molecule has 2 aromatic carbocycles. The number of amides is 1. The normalized spacial score (nSPS) is 10.4. The van der Waals surface area contributed by atoms with E-state index < -0.39 is 4.92 Å². The van der Waals surface area contributed by atoms with Crippen LogP contribution in [0.5, 0.6) is 0 Å². The molecule has 0 bridgehead atoms. The maximum atomic E-state index is 12.4. The predicted octanol–water partition coefficient (Wildman–Crippen LogP) is 4.65. The van der Waals surface area contributed by atoms with Crippen molar-refractivity contribution in [2.75, 3.05) is 10.6 Å². The molecule has 9 heteroatoms. The lowest BCUT2D eigenvalue weighted by atomic mass is 10.2. The Morgan fingerprint density at radius 1 is 1.04 bits per heavy atom. The monoisotopic (exact) mass is 397 g/mol. The van der Waals surface area contributed by atoms with Crippen LogP contribution in [0, 0.1) is 24.0 Å². The largest absolute Gasteiger partial charge is 0.324 e. The second-order valence-corrected chi connectivity index (χ2v) is 6.46. The Labute approximate surface area is 165 Å². The third-order valence-corrected chi connectivity index (χ3v) is 4.11. The summed E-state index contributed by atoms with van der Waals surface area (Å²) in [5.74, 6) is 0.0947. The van der Waals surface area contributed by atoms with Gasteiger partial charge >= 0.3 is 0 Å². The van der Waals surface area contributed by atoms with Crippen molar-refractivity contribution in [3.05, 3.63) is 80.6 Å². The fraction of sp³-hybridized carbons (Fsp3) is 0.105. The van der Waals surface area contributed by atoms with Crippen LogP contribution in [0.4, 0.5) is 23.0 Å². The molecule has 142 valence electrons. The number of hydrogen-bond acceptors (Lipinski definition) is 6. The van der Waals surface area contributed by atoms with E-state index in [-0.39, 0.29) is 16.6 Å². The van der Waals surface area contributed by atoms with Crippen LogP contribution in [0.25, 0.3) is 0 Å². The maximum absolute atomic E-state index is 12.4. The van der Waals surface area contributed by atoms with E-state index in [1.807, 2.05) is 19.9 Å². The minimum Gasteiger partial charge on any atom is -0.324 e. The van der Waals surface area contributed by atoms with E-state index in [0.29, 0.717) is 17.2 Å². The van der Waals surface area contributed by atoms with Crippen LogP contribution in [0.15, 0.2) is 48.5 Å². The summed E-state index contributed by atoms with van der Waals surface area (Å²) in [6, 6.07) is 12.5. The number of nitro benzene ring substituents is 1. The lowest BCUT2D eigenvalue weighted by Gasteiger charge is -2.09. The Bertz CT molecular complexity index is 1030. The van der Waals surface area contributed by atoms with Crippen molar-refractivity contribution in [3.8, 4) is 0 Å². The van der Waals surface area contributed by atoms with Crippen molar-refractivity contribution in [1.82, 2.24) is 9.97 Å². The summed E-state index contributed by atoms with van der Waals surface area (Å²) >= 11 is 6.00. The third-order valence-electron chi connectivity index (χ3n) is 3.80. The van der Waals surface area contributed by atoms with E-state index in [9.17, 15) is 14.9 Å². The third kappa shape index (κ3) is 4.60. The number of rotatable bonds is 5. The number of nitrogens with zero attached hydrogens (tertiary/aromatic N) is 3. The fourth-order valence-corrected chi connectivity index (χ4v) is 2.75. The Morgan fingerprint density at radius 3 is 2.25 bits per heavy atom. The highest BCUT2D eigenvalue weighted by Crippen LogP contribution is 2.27. The molecule has 28 heavy (non-hydrogen) atoms. The Kier molecular flexibility index (Phi) is 5.51. The zero-order valence-electron chi connectivity index (χ0n) is 15.1. The van der Waals surface area contributed by atoms with Gasteiger partial charge < -0.3 is 10.6 Å². The number of carbonyl (C=O) groups excluding carboxylic acids is 1. The molecular formula is C19H16ClN5O3. The van der Waals surface area contributed by atoms with Crippen molar-refractivity contribution in [2.45, 2.75) is 13.8 Å². The van der Waals surface area contributed by atoms with Crippen LogP contribution in [0.2, 0.25) is 5.02 Å². The molecule has 0 saturated carbocycles. The number of anilines is 3. The number of aromatic nitrogens is 2. The molecule has 0 unspecified atom stereocenters. The first-order chi connectivity index (χ1) is 13.3. The summed E-state index contributed by atoms with van der Waals surface area (Å²) in [5.41, 5.74) is 2.99. The second kappa shape index (κ2) is 8.01. The van der Waals surface area contributed by atoms with Gasteiger partial charge in [0, 0.05) is 34.8 Å². The smallest absolute Gasteiger partial charge is 0.271 e. The summed E-state index contributed by atoms with van der Waals surface area (Å²) in [6.07, 6.45) is 0. The summed E-state index contributed by atoms with van der Waals surface area (Å²) in [5, 5.41) is 16.6. The van der Waals surface area contributed by atoms with E-state index in [0.717, 1.165) is 17.1 Å². The number of aryl methyl sites for hydroxylation is 2. The van der Waals surface area contributed by atoms with Gasteiger partial charge in [-0.2, -0.15) is 0 Å². The number of nitro groups is 1. The van der Waals surface area contributed by atoms with E-state index in [1.54, 1.807) is 24.3 Å². The van der Waals surface area contributed by atoms with Crippen LogP contribution < -0.4 is 10.6 Å². The van der Waals surface area contributed by atoms with Gasteiger partial charge in [0.15, 0.2) is 0 Å². The van der Waals surface area contributed by atoms with Gasteiger partial charge in [-0.15, -0.1) is 0 Å². The molecule has 2 N–H and O–H groups in total. The van der Waals surface area contributed by atoms with Gasteiger partial charge in [-0.05, 0) is 50.2 Å². The molecule has 0 aliphatic rings. The summed E-state index contributed by atoms with van der Waals surface area (Å²) in [6.45, 7) is 3.77. The first-order valence-electron chi connectivity index (χ1n) is 8.26. The average Bonchev–Trinajstić information content (AvgIpc) is 2.63. The number of non-ortho nitro benzene ring substituents is 1. The zero-order valence-corrected chi connectivity index (χ0v) is 15.8. The summed E-state index contributed by atoms with van der Waals surface area (Å²) in [4.78, 5) is 31.2. The first kappa shape index (κ1) is 19.2. The van der Waals surface area contributed by atoms with Crippen molar-refractivity contribution in [1.29, 1.82) is 0 Å². The van der Waals surface area contributed by atoms with Crippen molar-refractivity contribution >= 4 is 40.5 Å². The predicted molar refractivity (Wildman–Crippen MR) is 107 cm³/mol. The highest BCUT2D eigenvalue weighted by Gasteiger charge is 2.13. The SMILES string of the molecule is Cc1cc(C)nc(Nc2ccc(C(=O)Nc3ccc([N+](=O)[O-])cc3Cl)cc2)n1. The molecular weight excluding hydrogens is 382 g/mol. The van der Waals surface area contributed by atoms with Crippen molar-refractivity contribution < 1.29 is 9.72 Å². The van der Waals surface area contributed by atoms with Crippen LogP contribution in [0.3, 0.4) is 0 Å². The van der Waals surface area contributed by atoms with Gasteiger partial charge in [0.25, 0.3) is 11.6 Å². The minimum atomic E-state index is -0.553. The van der Waals surface area contributed by atoms with Crippen molar-refractivity contribution in [2.24, 2.45) is 0 Å². The van der Waals surface area contributed by atoms with Crippen molar-refractivity contribution in [3.63, 3.8) is 0 Å². The molecule has 0 aliphatic carbocycles. The number of hydrogen-bond donors (Lipinski definition) is 2. The van der Waals surface area contributed by atoms with E-state index >= 15 is 0 Å². The summed E-state index contributed by atoms with van der Waals surface area (Å²) < 4.78 is 0. The number of carbonyl (C=O) groups is 1. The van der Waals surface area contributed by atoms with Gasteiger partial charge in [-0.3, -0.25) is 14.9 Å². The van der Waals surface area contributed by atoms with Gasteiger partial charge in [-0.1, -0.05) is 11.6 Å². The van der Waals surface area contributed by atoms with E-state index in [1.165, 1.54) is 18.2 Å². The molecule has 1 amide bonds. The molecule has 0 fully saturated rings. The quantitative estimate of drug-likeness (QED) is 0.479. The molecule has 1 aromatic heterocycles. The lowest BCUT2D eigenvalue weighted by Crippen LogP contribution is -2.12. The highest BCUT2D eigenvalue weighted by molar-refractivity contribution is 6.34. The molecule has 1 heterocycles. The van der Waals surface area contributed by atoms with Crippen LogP contribution in [0.1, 0.15) is 21.7 Å². The maximum Gasteiger partial charge on any atom is 0.271 e. The Hall–Kier alpha value is -3.52. The van der Waals surface area contributed by atoms with Gasteiger partial charge in [0.1, 0.15) is 0 Å². The highest BCUT2D eigenvalue weighted by atomic mass is 35.5. The van der Waals surface area contributed by atoms with Crippen LogP contribution in [-0.2, 0) is 0 Å². The molecule has 8 nitrogen and oxygen atoms in total. The molecule has 0 atom stereocenters. The van der Waals surface area contributed by atoms with Gasteiger partial charge in [-0.25, -0.2) is 9.97 Å². The molecule has 0 saturated heterocycles. The second-order valence-electron chi connectivity index (χ2n) is 6.05. The molecule has 0 radical (unpaired) electrons. The van der Waals surface area contributed by atoms with Gasteiger partial charge in [0.05, 0.1) is 15.6 Å². The first-order valence-corrected chi connectivity index (χ1v) is 8.64. The number of halogens is 1. The Morgan fingerprint density at radius 2 is 1.68 bits per heavy atom. The zero-order chi connectivity index (χ0) is 20.3. The number of nitrogens with one attached hydrogen (secondary N) is 2. The molecule has 0 spiro atoms. The standard InChI is InChI=1S/C19H16ClN5O3/c1-11-9-12(2)22-19(21-11)23-14-5-3-13(4-6-14)18(26)24-17-8-7-15(25(27)28)10-16(17)20/h3-10H,1-2H3,(H,24,26)(H,21,22,23). The lowest BCUT2D eigenvalue weighted by molar-refractivity contribution is -0.384. The molecule has 3 aromatic rings. The van der Waals surface area contributed by atoms with E-state index in [4.69, 9.17) is 11.6 Å². The number of benzene rings is 2. The van der Waals surface area contributed by atoms with Crippen LogP contribution in [-0.4, -0.2) is 20.8 Å². The molecule has 0 aliphatic heterocycles. The average molecular weight is 398 g/mol.